The highest BCUT2D eigenvalue weighted by Gasteiger charge is 2.25. The Kier molecular flexibility index (Phi) is 8.44. The van der Waals surface area contributed by atoms with E-state index in [1.54, 1.807) is 11.1 Å². The molecule has 0 bridgehead atoms. The van der Waals surface area contributed by atoms with Crippen LogP contribution in [-0.4, -0.2) is 120 Å². The van der Waals surface area contributed by atoms with Gasteiger partial charge in [0.15, 0.2) is 11.5 Å². The molecule has 2 aromatic rings. The zero-order valence-electron chi connectivity index (χ0n) is 21.1. The van der Waals surface area contributed by atoms with E-state index in [0.29, 0.717) is 45.1 Å². The minimum atomic E-state index is -0.192. The monoisotopic (exact) mass is 510 g/mol. The summed E-state index contributed by atoms with van der Waals surface area (Å²) in [5.41, 5.74) is 1.47. The summed E-state index contributed by atoms with van der Waals surface area (Å²) in [6, 6.07) is 6.04. The number of aromatic nitrogens is 2. The van der Waals surface area contributed by atoms with Crippen molar-refractivity contribution in [2.24, 2.45) is 0 Å². The van der Waals surface area contributed by atoms with Gasteiger partial charge in [0.2, 0.25) is 12.7 Å². The molecule has 37 heavy (non-hydrogen) atoms. The predicted octanol–water partition coefficient (Wildman–Crippen LogP) is 0.714. The van der Waals surface area contributed by atoms with Crippen LogP contribution >= 0.6 is 0 Å². The van der Waals surface area contributed by atoms with Crippen molar-refractivity contribution in [3.63, 3.8) is 0 Å². The third kappa shape index (κ3) is 6.73. The standard InChI is InChI=1S/C26H34N6O5/c33-25(31-10-8-30(9-11-31)19-21-1-2-23-24(17-21)37-20-36-23)3-6-32(12-7-29-13-15-35-16-14-29)26(34)22-18-27-4-5-28-22/h1-2,4-5,17-18H,3,6-16,19-20H2. The third-order valence-electron chi connectivity index (χ3n) is 7.02. The van der Waals surface area contributed by atoms with Crippen molar-refractivity contribution in [1.82, 2.24) is 29.6 Å². The van der Waals surface area contributed by atoms with E-state index in [9.17, 15) is 9.59 Å². The number of morpholine rings is 1. The number of fused-ring (bicyclic) bond motifs is 1. The molecule has 2 amide bonds. The quantitative estimate of drug-likeness (QED) is 0.483. The minimum absolute atomic E-state index is 0.0750. The number of ether oxygens (including phenoxy) is 3. The topological polar surface area (TPSA) is 101 Å². The SMILES string of the molecule is O=C(CCN(CCN1CCOCC1)C(=O)c1cnccn1)N1CCN(Cc2ccc3c(c2)OCO3)CC1. The molecule has 1 aromatic carbocycles. The highest BCUT2D eigenvalue weighted by Crippen LogP contribution is 2.32. The van der Waals surface area contributed by atoms with Crippen LogP contribution in [-0.2, 0) is 16.1 Å². The molecule has 5 rings (SSSR count). The molecule has 11 nitrogen and oxygen atoms in total. The van der Waals surface area contributed by atoms with Gasteiger partial charge in [-0.3, -0.25) is 24.4 Å². The van der Waals surface area contributed by atoms with Crippen molar-refractivity contribution >= 4 is 11.8 Å². The van der Waals surface area contributed by atoms with Crippen molar-refractivity contribution in [2.45, 2.75) is 13.0 Å². The maximum atomic E-state index is 13.1. The molecule has 0 saturated carbocycles. The molecule has 0 N–H and O–H groups in total. The fourth-order valence-electron chi connectivity index (χ4n) is 4.81. The summed E-state index contributed by atoms with van der Waals surface area (Å²) < 4.78 is 16.3. The summed E-state index contributed by atoms with van der Waals surface area (Å²) >= 11 is 0. The van der Waals surface area contributed by atoms with Gasteiger partial charge in [-0.05, 0) is 17.7 Å². The molecule has 1 aromatic heterocycles. The third-order valence-corrected chi connectivity index (χ3v) is 7.02. The fraction of sp³-hybridized carbons (Fsp3) is 0.538. The Hall–Kier alpha value is -3.28. The Morgan fingerprint density at radius 2 is 1.73 bits per heavy atom. The number of carbonyl (C=O) groups excluding carboxylic acids is 2. The summed E-state index contributed by atoms with van der Waals surface area (Å²) in [6.07, 6.45) is 4.83. The summed E-state index contributed by atoms with van der Waals surface area (Å²) in [7, 11) is 0. The molecular weight excluding hydrogens is 476 g/mol. The van der Waals surface area contributed by atoms with Gasteiger partial charge in [-0.1, -0.05) is 6.07 Å². The second-order valence-electron chi connectivity index (χ2n) is 9.43. The van der Waals surface area contributed by atoms with E-state index in [-0.39, 0.29) is 25.0 Å². The second-order valence-corrected chi connectivity index (χ2v) is 9.43. The average Bonchev–Trinajstić information content (AvgIpc) is 3.42. The Morgan fingerprint density at radius 3 is 2.51 bits per heavy atom. The number of carbonyl (C=O) groups is 2. The number of hydrogen-bond donors (Lipinski definition) is 0. The number of benzene rings is 1. The number of amides is 2. The number of nitrogens with zero attached hydrogens (tertiary/aromatic N) is 6. The zero-order valence-corrected chi connectivity index (χ0v) is 21.1. The van der Waals surface area contributed by atoms with Crippen molar-refractivity contribution in [3.05, 3.63) is 48.0 Å². The van der Waals surface area contributed by atoms with Crippen LogP contribution in [0.5, 0.6) is 11.5 Å². The Bertz CT molecular complexity index is 1060. The maximum Gasteiger partial charge on any atom is 0.274 e. The van der Waals surface area contributed by atoms with Gasteiger partial charge in [0.05, 0.1) is 19.4 Å². The van der Waals surface area contributed by atoms with Gasteiger partial charge < -0.3 is 24.0 Å². The normalized spacial score (nSPS) is 18.1. The average molecular weight is 511 g/mol. The van der Waals surface area contributed by atoms with E-state index in [1.807, 2.05) is 17.0 Å². The maximum absolute atomic E-state index is 13.1. The van der Waals surface area contributed by atoms with Crippen LogP contribution < -0.4 is 9.47 Å². The van der Waals surface area contributed by atoms with E-state index in [4.69, 9.17) is 14.2 Å². The molecule has 0 unspecified atom stereocenters. The van der Waals surface area contributed by atoms with Crippen LogP contribution in [0.3, 0.4) is 0 Å². The summed E-state index contributed by atoms with van der Waals surface area (Å²) in [4.78, 5) is 42.6. The smallest absolute Gasteiger partial charge is 0.274 e. The summed E-state index contributed by atoms with van der Waals surface area (Å²) in [5, 5.41) is 0. The highest BCUT2D eigenvalue weighted by molar-refractivity contribution is 5.92. The van der Waals surface area contributed by atoms with Crippen LogP contribution in [0.15, 0.2) is 36.8 Å². The Balaban J connectivity index is 1.11. The number of piperazine rings is 1. The lowest BCUT2D eigenvalue weighted by atomic mass is 10.1. The fourth-order valence-corrected chi connectivity index (χ4v) is 4.81. The first-order valence-corrected chi connectivity index (χ1v) is 12.9. The lowest BCUT2D eigenvalue weighted by Crippen LogP contribution is -2.49. The Morgan fingerprint density at radius 1 is 0.919 bits per heavy atom. The van der Waals surface area contributed by atoms with Crippen LogP contribution in [0.25, 0.3) is 0 Å². The lowest BCUT2D eigenvalue weighted by molar-refractivity contribution is -0.133. The van der Waals surface area contributed by atoms with Crippen LogP contribution in [0.1, 0.15) is 22.5 Å². The van der Waals surface area contributed by atoms with E-state index >= 15 is 0 Å². The molecule has 0 radical (unpaired) electrons. The molecule has 4 heterocycles. The van der Waals surface area contributed by atoms with E-state index in [0.717, 1.165) is 50.8 Å². The molecule has 3 aliphatic rings. The number of rotatable bonds is 9. The van der Waals surface area contributed by atoms with Crippen molar-refractivity contribution in [2.75, 3.05) is 78.9 Å². The lowest BCUT2D eigenvalue weighted by Gasteiger charge is -2.35. The van der Waals surface area contributed by atoms with Crippen LogP contribution in [0, 0.1) is 0 Å². The molecule has 3 aliphatic heterocycles. The molecule has 0 atom stereocenters. The molecule has 0 aliphatic carbocycles. The zero-order chi connectivity index (χ0) is 25.5. The number of hydrogen-bond acceptors (Lipinski definition) is 9. The first-order chi connectivity index (χ1) is 18.2. The van der Waals surface area contributed by atoms with Crippen molar-refractivity contribution in [1.29, 1.82) is 0 Å². The van der Waals surface area contributed by atoms with Gasteiger partial charge >= 0.3 is 0 Å². The van der Waals surface area contributed by atoms with Gasteiger partial charge in [0.1, 0.15) is 5.69 Å². The first kappa shape index (κ1) is 25.4. The highest BCUT2D eigenvalue weighted by atomic mass is 16.7. The predicted molar refractivity (Wildman–Crippen MR) is 134 cm³/mol. The minimum Gasteiger partial charge on any atom is -0.454 e. The van der Waals surface area contributed by atoms with Crippen molar-refractivity contribution < 1.29 is 23.8 Å². The van der Waals surface area contributed by atoms with Gasteiger partial charge in [0, 0.05) is 84.3 Å². The molecular formula is C26H34N6O5. The largest absolute Gasteiger partial charge is 0.454 e. The molecule has 2 fully saturated rings. The molecule has 11 heteroatoms. The van der Waals surface area contributed by atoms with Gasteiger partial charge in [-0.15, -0.1) is 0 Å². The molecule has 2 saturated heterocycles. The first-order valence-electron chi connectivity index (χ1n) is 12.9. The Labute approximate surface area is 216 Å². The molecule has 0 spiro atoms. The summed E-state index contributed by atoms with van der Waals surface area (Å²) in [5.74, 6) is 1.46. The van der Waals surface area contributed by atoms with Crippen LogP contribution in [0.2, 0.25) is 0 Å². The van der Waals surface area contributed by atoms with E-state index < -0.39 is 0 Å². The van der Waals surface area contributed by atoms with Crippen LogP contribution in [0.4, 0.5) is 0 Å². The van der Waals surface area contributed by atoms with Gasteiger partial charge in [-0.25, -0.2) is 4.98 Å². The van der Waals surface area contributed by atoms with Gasteiger partial charge in [0.25, 0.3) is 5.91 Å². The van der Waals surface area contributed by atoms with E-state index in [2.05, 4.69) is 25.8 Å². The second kappa shape index (κ2) is 12.3. The molecule has 198 valence electrons. The van der Waals surface area contributed by atoms with Gasteiger partial charge in [-0.2, -0.15) is 0 Å². The van der Waals surface area contributed by atoms with Crippen molar-refractivity contribution in [3.8, 4) is 11.5 Å². The van der Waals surface area contributed by atoms with E-state index in [1.165, 1.54) is 18.0 Å². The summed E-state index contributed by atoms with van der Waals surface area (Å²) in [6.45, 7) is 8.78.